The van der Waals surface area contributed by atoms with Crippen LogP contribution in [0.15, 0.2) is 0 Å². The third-order valence-electron chi connectivity index (χ3n) is 3.49. The lowest BCUT2D eigenvalue weighted by molar-refractivity contribution is 0.244. The molecule has 1 N–H and O–H groups in total. The van der Waals surface area contributed by atoms with Crippen LogP contribution in [-0.2, 0) is 0 Å². The molecule has 2 rings (SSSR count). The fourth-order valence-electron chi connectivity index (χ4n) is 2.67. The number of halogens is 1. The second-order valence-corrected chi connectivity index (χ2v) is 4.55. The number of hydrogen-bond donors (Lipinski definition) is 1. The molecular weight excluding hydrogens is 165 g/mol. The minimum absolute atomic E-state index is 0.183. The second-order valence-electron chi connectivity index (χ2n) is 4.55. The Kier molecular flexibility index (Phi) is 3.20. The highest BCUT2D eigenvalue weighted by Gasteiger charge is 2.28. The molecule has 0 unspecified atom stereocenters. The van der Waals surface area contributed by atoms with E-state index in [0.717, 1.165) is 19.3 Å². The van der Waals surface area contributed by atoms with Crippen LogP contribution in [0.1, 0.15) is 51.4 Å². The molecular formula is C11H20FN. The lowest BCUT2D eigenvalue weighted by Gasteiger charge is -2.27. The van der Waals surface area contributed by atoms with Gasteiger partial charge in [0.15, 0.2) is 0 Å². The van der Waals surface area contributed by atoms with Crippen molar-refractivity contribution >= 4 is 0 Å². The van der Waals surface area contributed by atoms with E-state index in [1.807, 2.05) is 0 Å². The Balaban J connectivity index is 1.75. The summed E-state index contributed by atoms with van der Waals surface area (Å²) in [5.41, 5.74) is 0. The van der Waals surface area contributed by atoms with Gasteiger partial charge in [0.05, 0.1) is 0 Å². The van der Waals surface area contributed by atoms with Gasteiger partial charge in [0.1, 0.15) is 6.17 Å². The Morgan fingerprint density at radius 2 is 1.62 bits per heavy atom. The van der Waals surface area contributed by atoms with E-state index >= 15 is 0 Å². The molecule has 1 nitrogen and oxygen atoms in total. The number of nitrogens with one attached hydrogen (secondary N) is 1. The summed E-state index contributed by atoms with van der Waals surface area (Å²) in [5, 5.41) is 3.49. The van der Waals surface area contributed by atoms with Gasteiger partial charge in [-0.1, -0.05) is 19.3 Å². The van der Waals surface area contributed by atoms with Gasteiger partial charge in [0.2, 0.25) is 0 Å². The van der Waals surface area contributed by atoms with Crippen LogP contribution in [0.2, 0.25) is 0 Å². The van der Waals surface area contributed by atoms with Gasteiger partial charge < -0.3 is 5.32 Å². The topological polar surface area (TPSA) is 12.0 Å². The zero-order chi connectivity index (χ0) is 9.10. The average molecular weight is 185 g/mol. The number of alkyl halides is 1. The molecule has 0 aromatic rings. The first-order valence-corrected chi connectivity index (χ1v) is 5.76. The first kappa shape index (κ1) is 9.45. The summed E-state index contributed by atoms with van der Waals surface area (Å²) in [4.78, 5) is 0. The molecule has 2 fully saturated rings. The van der Waals surface area contributed by atoms with Crippen LogP contribution in [0.25, 0.3) is 0 Å². The molecule has 76 valence electrons. The van der Waals surface area contributed by atoms with Gasteiger partial charge in [0.25, 0.3) is 0 Å². The summed E-state index contributed by atoms with van der Waals surface area (Å²) in [7, 11) is 0. The van der Waals surface area contributed by atoms with Crippen molar-refractivity contribution in [3.8, 4) is 0 Å². The average Bonchev–Trinajstić information content (AvgIpc) is 2.54. The van der Waals surface area contributed by atoms with Crippen molar-refractivity contribution in [1.82, 2.24) is 5.32 Å². The Hall–Kier alpha value is -0.110. The molecule has 0 aromatic carbocycles. The third kappa shape index (κ3) is 2.43. The Bertz CT molecular complexity index is 154. The summed E-state index contributed by atoms with van der Waals surface area (Å²) >= 11 is 0. The standard InChI is InChI=1S/C11H20FN/c12-10-7-4-8-11(10)13-9-5-2-1-3-6-9/h9-11,13H,1-8H2/t10-,11+/m1/s1. The minimum Gasteiger partial charge on any atom is -0.308 e. The van der Waals surface area contributed by atoms with Gasteiger partial charge in [-0.05, 0) is 32.1 Å². The molecule has 0 bridgehead atoms. The summed E-state index contributed by atoms with van der Waals surface area (Å²) in [6, 6.07) is 0.804. The van der Waals surface area contributed by atoms with Gasteiger partial charge in [-0.15, -0.1) is 0 Å². The molecule has 2 aliphatic carbocycles. The van der Waals surface area contributed by atoms with E-state index < -0.39 is 6.17 Å². The molecule has 0 aromatic heterocycles. The second kappa shape index (κ2) is 4.41. The fourth-order valence-corrected chi connectivity index (χ4v) is 2.67. The van der Waals surface area contributed by atoms with E-state index in [2.05, 4.69) is 5.32 Å². The van der Waals surface area contributed by atoms with Gasteiger partial charge >= 0.3 is 0 Å². The SMILES string of the molecule is F[C@@H]1CCC[C@@H]1NC1CCCCC1. The number of hydrogen-bond acceptors (Lipinski definition) is 1. The third-order valence-corrected chi connectivity index (χ3v) is 3.49. The van der Waals surface area contributed by atoms with Crippen LogP contribution in [0.3, 0.4) is 0 Å². The molecule has 2 aliphatic rings. The van der Waals surface area contributed by atoms with E-state index in [1.165, 1.54) is 32.1 Å². The van der Waals surface area contributed by atoms with Crippen molar-refractivity contribution in [2.45, 2.75) is 69.6 Å². The van der Waals surface area contributed by atoms with Crippen molar-refractivity contribution in [1.29, 1.82) is 0 Å². The van der Waals surface area contributed by atoms with Crippen LogP contribution >= 0.6 is 0 Å². The van der Waals surface area contributed by atoms with Crippen LogP contribution in [0.5, 0.6) is 0 Å². The summed E-state index contributed by atoms with van der Waals surface area (Å²) in [6.45, 7) is 0. The van der Waals surface area contributed by atoms with Crippen LogP contribution in [0.4, 0.5) is 4.39 Å². The van der Waals surface area contributed by atoms with Gasteiger partial charge in [0, 0.05) is 12.1 Å². The predicted octanol–water partition coefficient (Wildman–Crippen LogP) is 2.80. The molecule has 13 heavy (non-hydrogen) atoms. The van der Waals surface area contributed by atoms with Crippen molar-refractivity contribution in [2.75, 3.05) is 0 Å². The quantitative estimate of drug-likeness (QED) is 0.697. The lowest BCUT2D eigenvalue weighted by atomic mass is 9.94. The van der Waals surface area contributed by atoms with E-state index in [-0.39, 0.29) is 6.04 Å². The van der Waals surface area contributed by atoms with Crippen LogP contribution < -0.4 is 5.32 Å². The predicted molar refractivity (Wildman–Crippen MR) is 52.5 cm³/mol. The highest BCUT2D eigenvalue weighted by molar-refractivity contribution is 4.86. The molecule has 2 atom stereocenters. The van der Waals surface area contributed by atoms with Crippen molar-refractivity contribution in [3.63, 3.8) is 0 Å². The van der Waals surface area contributed by atoms with E-state index in [4.69, 9.17) is 0 Å². The summed E-state index contributed by atoms with van der Waals surface area (Å²) in [6.07, 6.45) is 8.92. The largest absolute Gasteiger partial charge is 0.308 e. The molecule has 0 heterocycles. The molecule has 0 aliphatic heterocycles. The van der Waals surface area contributed by atoms with Gasteiger partial charge in [-0.25, -0.2) is 4.39 Å². The molecule has 0 radical (unpaired) electrons. The molecule has 2 saturated carbocycles. The maximum atomic E-state index is 13.3. The van der Waals surface area contributed by atoms with Crippen molar-refractivity contribution < 1.29 is 4.39 Å². The Labute approximate surface area is 80.1 Å². The maximum absolute atomic E-state index is 13.3. The monoisotopic (exact) mass is 185 g/mol. The normalized spacial score (nSPS) is 36.7. The maximum Gasteiger partial charge on any atom is 0.115 e. The van der Waals surface area contributed by atoms with Crippen molar-refractivity contribution in [2.24, 2.45) is 0 Å². The fraction of sp³-hybridized carbons (Fsp3) is 1.00. The first-order valence-electron chi connectivity index (χ1n) is 5.76. The highest BCUT2D eigenvalue weighted by atomic mass is 19.1. The Morgan fingerprint density at radius 1 is 0.846 bits per heavy atom. The van der Waals surface area contributed by atoms with Crippen LogP contribution in [-0.4, -0.2) is 18.3 Å². The van der Waals surface area contributed by atoms with Gasteiger partial charge in [-0.2, -0.15) is 0 Å². The zero-order valence-corrected chi connectivity index (χ0v) is 8.27. The molecule has 0 spiro atoms. The van der Waals surface area contributed by atoms with Gasteiger partial charge in [-0.3, -0.25) is 0 Å². The van der Waals surface area contributed by atoms with Crippen molar-refractivity contribution in [3.05, 3.63) is 0 Å². The van der Waals surface area contributed by atoms with E-state index in [9.17, 15) is 4.39 Å². The summed E-state index contributed by atoms with van der Waals surface area (Å²) in [5.74, 6) is 0. The zero-order valence-electron chi connectivity index (χ0n) is 8.27. The van der Waals surface area contributed by atoms with Crippen LogP contribution in [0, 0.1) is 0 Å². The first-order chi connectivity index (χ1) is 6.36. The minimum atomic E-state index is -0.568. The lowest BCUT2D eigenvalue weighted by Crippen LogP contribution is -2.42. The molecule has 0 saturated heterocycles. The number of rotatable bonds is 2. The highest BCUT2D eigenvalue weighted by Crippen LogP contribution is 2.25. The van der Waals surface area contributed by atoms with E-state index in [0.29, 0.717) is 6.04 Å². The molecule has 2 heteroatoms. The summed E-state index contributed by atoms with van der Waals surface area (Å²) < 4.78 is 13.3. The molecule has 0 amide bonds. The smallest absolute Gasteiger partial charge is 0.115 e. The van der Waals surface area contributed by atoms with E-state index in [1.54, 1.807) is 0 Å². The Morgan fingerprint density at radius 3 is 2.23 bits per heavy atom.